The van der Waals surface area contributed by atoms with E-state index < -0.39 is 30.5 Å². The first-order valence-electron chi connectivity index (χ1n) is 13.7. The van der Waals surface area contributed by atoms with E-state index in [9.17, 15) is 27.6 Å². The zero-order valence-corrected chi connectivity index (χ0v) is 24.8. The van der Waals surface area contributed by atoms with Gasteiger partial charge in [-0.1, -0.05) is 18.2 Å². The number of benzene rings is 2. The van der Waals surface area contributed by atoms with Crippen LogP contribution in [-0.4, -0.2) is 74.0 Å². The molecule has 0 radical (unpaired) electrons. The van der Waals surface area contributed by atoms with Crippen LogP contribution in [0.2, 0.25) is 0 Å². The number of para-hydroxylation sites is 2. The number of rotatable bonds is 10. The number of amides is 3. The maximum atomic E-state index is 13.2. The molecule has 0 saturated heterocycles. The van der Waals surface area contributed by atoms with E-state index in [4.69, 9.17) is 14.2 Å². The third-order valence-electron chi connectivity index (χ3n) is 6.50. The van der Waals surface area contributed by atoms with Crippen LogP contribution in [0.5, 0.6) is 11.5 Å². The monoisotopic (exact) mass is 593 g/mol. The maximum Gasteiger partial charge on any atom is 0.422 e. The van der Waals surface area contributed by atoms with Gasteiger partial charge < -0.3 is 29.3 Å². The number of halogens is 3. The summed E-state index contributed by atoms with van der Waals surface area (Å²) in [5.74, 6) is -0.423. The third-order valence-corrected chi connectivity index (χ3v) is 6.50. The van der Waals surface area contributed by atoms with Crippen molar-refractivity contribution in [2.24, 2.45) is 0 Å². The molecule has 42 heavy (non-hydrogen) atoms. The quantitative estimate of drug-likeness (QED) is 0.410. The summed E-state index contributed by atoms with van der Waals surface area (Å²) in [6.07, 6.45) is -4.13. The predicted molar refractivity (Wildman–Crippen MR) is 151 cm³/mol. The van der Waals surface area contributed by atoms with Crippen LogP contribution in [0, 0.1) is 0 Å². The minimum absolute atomic E-state index is 0.0444. The summed E-state index contributed by atoms with van der Waals surface area (Å²) in [6, 6.07) is 9.26. The highest BCUT2D eigenvalue weighted by molar-refractivity contribution is 6.06. The summed E-state index contributed by atoms with van der Waals surface area (Å²) < 4.78 is 54.3. The molecule has 2 aromatic rings. The molecular formula is C30H38F3N3O6. The van der Waals surface area contributed by atoms with E-state index >= 15 is 0 Å². The van der Waals surface area contributed by atoms with Crippen molar-refractivity contribution in [1.29, 1.82) is 0 Å². The van der Waals surface area contributed by atoms with Gasteiger partial charge in [-0.25, -0.2) is 4.79 Å². The normalized spacial score (nSPS) is 13.7. The molecule has 2 aromatic carbocycles. The highest BCUT2D eigenvalue weighted by atomic mass is 19.4. The van der Waals surface area contributed by atoms with E-state index in [1.807, 2.05) is 13.0 Å². The van der Waals surface area contributed by atoms with Crippen molar-refractivity contribution >= 4 is 23.6 Å². The number of nitrogens with one attached hydrogen (secondary N) is 1. The second kappa shape index (κ2) is 13.3. The van der Waals surface area contributed by atoms with Gasteiger partial charge in [-0.05, 0) is 69.9 Å². The Morgan fingerprint density at radius 3 is 2.29 bits per heavy atom. The lowest BCUT2D eigenvalue weighted by Crippen LogP contribution is -2.45. The molecule has 0 aromatic heterocycles. The van der Waals surface area contributed by atoms with E-state index in [-0.39, 0.29) is 36.5 Å². The molecule has 0 spiro atoms. The molecule has 0 bridgehead atoms. The molecule has 1 atom stereocenters. The van der Waals surface area contributed by atoms with E-state index in [0.29, 0.717) is 30.6 Å². The van der Waals surface area contributed by atoms with Gasteiger partial charge in [-0.15, -0.1) is 0 Å². The van der Waals surface area contributed by atoms with Crippen molar-refractivity contribution in [1.82, 2.24) is 10.2 Å². The number of alkyl halides is 3. The molecule has 1 aliphatic rings. The van der Waals surface area contributed by atoms with Gasteiger partial charge in [0.15, 0.2) is 18.1 Å². The summed E-state index contributed by atoms with van der Waals surface area (Å²) in [7, 11) is 1.52. The van der Waals surface area contributed by atoms with Gasteiger partial charge in [0.1, 0.15) is 12.2 Å². The van der Waals surface area contributed by atoms with Crippen molar-refractivity contribution < 1.29 is 41.8 Å². The van der Waals surface area contributed by atoms with Crippen LogP contribution < -0.4 is 19.7 Å². The van der Waals surface area contributed by atoms with Gasteiger partial charge in [0.05, 0.1) is 17.8 Å². The minimum atomic E-state index is -4.50. The molecule has 1 N–H and O–H groups in total. The highest BCUT2D eigenvalue weighted by Gasteiger charge is 2.31. The van der Waals surface area contributed by atoms with Gasteiger partial charge in [0.25, 0.3) is 5.91 Å². The third kappa shape index (κ3) is 8.77. The Morgan fingerprint density at radius 1 is 1.07 bits per heavy atom. The van der Waals surface area contributed by atoms with Gasteiger partial charge in [-0.3, -0.25) is 9.59 Å². The molecule has 0 saturated carbocycles. The van der Waals surface area contributed by atoms with Crippen LogP contribution in [-0.2, 0) is 22.4 Å². The van der Waals surface area contributed by atoms with Crippen LogP contribution in [0.3, 0.4) is 0 Å². The molecule has 1 heterocycles. The van der Waals surface area contributed by atoms with Crippen LogP contribution in [0.1, 0.15) is 56.1 Å². The molecule has 0 unspecified atom stereocenters. The first-order chi connectivity index (χ1) is 19.6. The van der Waals surface area contributed by atoms with Gasteiger partial charge in [-0.2, -0.15) is 13.2 Å². The summed E-state index contributed by atoms with van der Waals surface area (Å²) in [4.78, 5) is 41.2. The summed E-state index contributed by atoms with van der Waals surface area (Å²) in [5.41, 5.74) is 1.88. The smallest absolute Gasteiger partial charge is 0.422 e. The number of ether oxygens (including phenoxy) is 3. The number of hydrogen-bond donors (Lipinski definition) is 1. The molecular weight excluding hydrogens is 555 g/mol. The zero-order chi connectivity index (χ0) is 31.2. The van der Waals surface area contributed by atoms with Crippen LogP contribution in [0.15, 0.2) is 36.4 Å². The van der Waals surface area contributed by atoms with Crippen LogP contribution in [0.25, 0.3) is 0 Å². The number of nitrogens with zero attached hydrogens (tertiary/aromatic N) is 2. The first-order valence-corrected chi connectivity index (χ1v) is 13.7. The molecule has 3 amide bonds. The Labute approximate surface area is 243 Å². The fourth-order valence-corrected chi connectivity index (χ4v) is 4.72. The van der Waals surface area contributed by atoms with Crippen LogP contribution >= 0.6 is 0 Å². The zero-order valence-electron chi connectivity index (χ0n) is 24.8. The Kier molecular flexibility index (Phi) is 10.3. The SMILES string of the molecule is CNC(=O)c1cc(C[C@@H](C)N(CCOc2ccccc2OCC(F)(F)F)C(=O)OC(C)(C)C)cc2c1N(C(C)=O)CC2. The number of anilines is 1. The number of hydrogen-bond acceptors (Lipinski definition) is 6. The number of fused-ring (bicyclic) bond motifs is 1. The van der Waals surface area contributed by atoms with E-state index in [2.05, 4.69) is 5.32 Å². The van der Waals surface area contributed by atoms with Crippen molar-refractivity contribution in [2.45, 2.75) is 65.3 Å². The molecule has 12 heteroatoms. The summed E-state index contributed by atoms with van der Waals surface area (Å²) in [5, 5.41) is 2.63. The molecule has 3 rings (SSSR count). The van der Waals surface area contributed by atoms with Crippen molar-refractivity contribution in [3.63, 3.8) is 0 Å². The van der Waals surface area contributed by atoms with E-state index in [1.54, 1.807) is 37.8 Å². The Morgan fingerprint density at radius 2 is 1.71 bits per heavy atom. The average Bonchev–Trinajstić information content (AvgIpc) is 3.32. The van der Waals surface area contributed by atoms with Crippen molar-refractivity contribution in [3.05, 3.63) is 53.1 Å². The summed E-state index contributed by atoms with van der Waals surface area (Å²) in [6.45, 7) is 7.56. The van der Waals surface area contributed by atoms with Gasteiger partial charge in [0, 0.05) is 26.6 Å². The molecule has 1 aliphatic heterocycles. The standard InChI is InChI=1S/C30H38F3N3O6/c1-19(15-21-16-22-11-12-36(20(2)37)26(22)23(17-21)27(38)34-6)35(28(39)42-29(3,4)5)13-14-40-24-9-7-8-10-25(24)41-18-30(31,32)33/h7-10,16-17,19H,11-15,18H2,1-6H3,(H,34,38)/t19-/m1/s1. The fraction of sp³-hybridized carbons (Fsp3) is 0.500. The Hall–Kier alpha value is -3.96. The van der Waals surface area contributed by atoms with Gasteiger partial charge in [0.2, 0.25) is 5.91 Å². The highest BCUT2D eigenvalue weighted by Crippen LogP contribution is 2.34. The predicted octanol–water partition coefficient (Wildman–Crippen LogP) is 5.14. The molecule has 0 aliphatic carbocycles. The largest absolute Gasteiger partial charge is 0.488 e. The lowest BCUT2D eigenvalue weighted by atomic mass is 9.97. The lowest BCUT2D eigenvalue weighted by Gasteiger charge is -2.32. The molecule has 0 fully saturated rings. The van der Waals surface area contributed by atoms with Crippen molar-refractivity contribution in [2.75, 3.05) is 38.3 Å². The van der Waals surface area contributed by atoms with Gasteiger partial charge >= 0.3 is 12.3 Å². The average molecular weight is 594 g/mol. The Balaban J connectivity index is 1.81. The first kappa shape index (κ1) is 32.6. The van der Waals surface area contributed by atoms with Crippen molar-refractivity contribution in [3.8, 4) is 11.5 Å². The maximum absolute atomic E-state index is 13.2. The number of carbonyl (C=O) groups is 3. The molecule has 9 nitrogen and oxygen atoms in total. The van der Waals surface area contributed by atoms with E-state index in [1.165, 1.54) is 37.1 Å². The van der Waals surface area contributed by atoms with Crippen LogP contribution in [0.4, 0.5) is 23.7 Å². The lowest BCUT2D eigenvalue weighted by molar-refractivity contribution is -0.153. The fourth-order valence-electron chi connectivity index (χ4n) is 4.72. The Bertz CT molecular complexity index is 1290. The number of carbonyl (C=O) groups excluding carboxylic acids is 3. The summed E-state index contributed by atoms with van der Waals surface area (Å²) >= 11 is 0. The second-order valence-electron chi connectivity index (χ2n) is 11.1. The second-order valence-corrected chi connectivity index (χ2v) is 11.1. The molecule has 230 valence electrons. The minimum Gasteiger partial charge on any atom is -0.488 e. The van der Waals surface area contributed by atoms with E-state index in [0.717, 1.165) is 11.1 Å². The topological polar surface area (TPSA) is 97.4 Å².